The molecule has 21 nitrogen and oxygen atoms in total. The molecule has 290 valence electrons. The van der Waals surface area contributed by atoms with E-state index in [2.05, 4.69) is 0 Å². The van der Waals surface area contributed by atoms with Crippen LogP contribution in [0.15, 0.2) is 94.7 Å². The summed E-state index contributed by atoms with van der Waals surface area (Å²) in [5, 5.41) is 45.6. The van der Waals surface area contributed by atoms with Crippen LogP contribution in [-0.2, 0) is 30.6 Å². The molecule has 0 saturated heterocycles. The standard InChI is InChI=1S/C32H14F2N4O17S2/c33-21-11-19-25(13-27(21)54-56(48,49)29-7-5-15(35(40)41)9-23(29)37(44)45)52-26-14-28(55-57(50,51)30-8-6-16(36(42)43)10-24(30)38(46)47)22(34)12-20(26)32(19)18-4-2-1-3-17(18)31(39)53-32/h1-14H. The Morgan fingerprint density at radius 1 is 0.579 bits per heavy atom. The Hall–Kier alpha value is -7.67. The molecule has 0 N–H and O–H groups in total. The number of rotatable bonds is 10. The summed E-state index contributed by atoms with van der Waals surface area (Å²) < 4.78 is 106. The molecule has 2 heterocycles. The van der Waals surface area contributed by atoms with Crippen molar-refractivity contribution in [2.75, 3.05) is 0 Å². The molecular formula is C32H14F2N4O17S2. The number of nitro groups is 4. The molecule has 57 heavy (non-hydrogen) atoms. The maximum atomic E-state index is 15.9. The van der Waals surface area contributed by atoms with Gasteiger partial charge in [-0.1, -0.05) is 18.2 Å². The second-order valence-corrected chi connectivity index (χ2v) is 14.7. The maximum absolute atomic E-state index is 15.9. The van der Waals surface area contributed by atoms with Gasteiger partial charge in [-0.3, -0.25) is 40.5 Å². The summed E-state index contributed by atoms with van der Waals surface area (Å²) in [7, 11) is -10.7. The highest BCUT2D eigenvalue weighted by Crippen LogP contribution is 2.58. The highest BCUT2D eigenvalue weighted by molar-refractivity contribution is 7.87. The van der Waals surface area contributed by atoms with Gasteiger partial charge in [-0.2, -0.15) is 16.8 Å². The minimum absolute atomic E-state index is 0.0369. The quantitative estimate of drug-likeness (QED) is 0.0705. The lowest BCUT2D eigenvalue weighted by Gasteiger charge is -2.36. The lowest BCUT2D eigenvalue weighted by molar-refractivity contribution is -0.396. The molecule has 0 radical (unpaired) electrons. The van der Waals surface area contributed by atoms with E-state index in [9.17, 15) is 62.1 Å². The predicted molar refractivity (Wildman–Crippen MR) is 180 cm³/mol. The minimum Gasteiger partial charge on any atom is -0.456 e. The van der Waals surface area contributed by atoms with Crippen LogP contribution >= 0.6 is 0 Å². The van der Waals surface area contributed by atoms with Crippen LogP contribution in [0, 0.1) is 52.1 Å². The molecule has 5 aromatic carbocycles. The zero-order chi connectivity index (χ0) is 41.4. The number of ether oxygens (including phenoxy) is 2. The Morgan fingerprint density at radius 2 is 1.02 bits per heavy atom. The summed E-state index contributed by atoms with van der Waals surface area (Å²) in [5.74, 6) is -7.58. The SMILES string of the molecule is O=C1OC2(c3cc(F)c(OS(=O)(=O)c4ccc([N+](=O)[O-])cc4[N+](=O)[O-])cc3Oc3cc(OS(=O)(=O)c4ccc([N+](=O)[O-])cc4[N+](=O)[O-])c(F)cc32)c2ccccc21. The molecule has 0 bridgehead atoms. The highest BCUT2D eigenvalue weighted by atomic mass is 32.2. The fourth-order valence-electron chi connectivity index (χ4n) is 6.07. The Labute approximate surface area is 314 Å². The van der Waals surface area contributed by atoms with Gasteiger partial charge in [-0.15, -0.1) is 0 Å². The third kappa shape index (κ3) is 6.11. The number of non-ortho nitro benzene ring substituents is 2. The first kappa shape index (κ1) is 37.6. The zero-order valence-electron chi connectivity index (χ0n) is 27.4. The third-order valence-electron chi connectivity index (χ3n) is 8.46. The van der Waals surface area contributed by atoms with E-state index in [4.69, 9.17) is 17.8 Å². The van der Waals surface area contributed by atoms with Crippen LogP contribution in [0.3, 0.4) is 0 Å². The van der Waals surface area contributed by atoms with E-state index in [1.165, 1.54) is 24.3 Å². The van der Waals surface area contributed by atoms with Crippen LogP contribution in [0.25, 0.3) is 0 Å². The second kappa shape index (κ2) is 13.0. The van der Waals surface area contributed by atoms with Gasteiger partial charge >= 0.3 is 26.2 Å². The van der Waals surface area contributed by atoms with Crippen molar-refractivity contribution in [3.63, 3.8) is 0 Å². The maximum Gasteiger partial charge on any atom is 0.346 e. The number of benzene rings is 5. The predicted octanol–water partition coefficient (Wildman–Crippen LogP) is 5.70. The van der Waals surface area contributed by atoms with E-state index in [-0.39, 0.29) is 11.1 Å². The van der Waals surface area contributed by atoms with Crippen molar-refractivity contribution in [1.29, 1.82) is 0 Å². The topological polar surface area (TPSA) is 295 Å². The molecule has 0 aliphatic carbocycles. The van der Waals surface area contributed by atoms with Crippen LogP contribution in [0.4, 0.5) is 31.5 Å². The summed E-state index contributed by atoms with van der Waals surface area (Å²) in [4.78, 5) is 51.7. The van der Waals surface area contributed by atoms with Crippen LogP contribution in [0.2, 0.25) is 0 Å². The average Bonchev–Trinajstić information content (AvgIpc) is 3.44. The second-order valence-electron chi connectivity index (χ2n) is 11.7. The molecule has 25 heteroatoms. The largest absolute Gasteiger partial charge is 0.456 e. The van der Waals surface area contributed by atoms with Crippen molar-refractivity contribution in [1.82, 2.24) is 0 Å². The van der Waals surface area contributed by atoms with E-state index >= 15 is 8.78 Å². The van der Waals surface area contributed by atoms with E-state index in [1.807, 2.05) is 0 Å². The average molecular weight is 829 g/mol. The lowest BCUT2D eigenvalue weighted by Crippen LogP contribution is -2.33. The fraction of sp³-hybridized carbons (Fsp3) is 0.0312. The molecular weight excluding hydrogens is 814 g/mol. The van der Waals surface area contributed by atoms with Gasteiger partial charge in [0.2, 0.25) is 0 Å². The van der Waals surface area contributed by atoms with Gasteiger partial charge in [0.25, 0.3) is 22.7 Å². The number of hydrogen-bond donors (Lipinski definition) is 0. The van der Waals surface area contributed by atoms with E-state index in [0.717, 1.165) is 0 Å². The minimum atomic E-state index is -5.37. The highest BCUT2D eigenvalue weighted by Gasteiger charge is 2.54. The monoisotopic (exact) mass is 828 g/mol. The molecule has 1 spiro atoms. The first-order valence-corrected chi connectivity index (χ1v) is 18.0. The molecule has 0 fully saturated rings. The number of nitrogens with zero attached hydrogens (tertiary/aromatic N) is 4. The number of hydrogen-bond acceptors (Lipinski definition) is 17. The van der Waals surface area contributed by atoms with Crippen molar-refractivity contribution in [3.05, 3.63) is 159 Å². The van der Waals surface area contributed by atoms with Crippen LogP contribution < -0.4 is 13.1 Å². The van der Waals surface area contributed by atoms with Crippen LogP contribution in [0.5, 0.6) is 23.0 Å². The lowest BCUT2D eigenvalue weighted by atomic mass is 9.77. The number of carbonyl (C=O) groups is 1. The van der Waals surface area contributed by atoms with Crippen molar-refractivity contribution in [2.24, 2.45) is 0 Å². The Kier molecular flexibility index (Phi) is 8.57. The summed E-state index contributed by atoms with van der Waals surface area (Å²) in [6, 6.07) is 10.7. The Balaban J connectivity index is 1.37. The number of esters is 1. The van der Waals surface area contributed by atoms with Crippen molar-refractivity contribution in [3.8, 4) is 23.0 Å². The number of carbonyl (C=O) groups excluding carboxylic acids is 1. The molecule has 0 amide bonds. The van der Waals surface area contributed by atoms with Crippen molar-refractivity contribution >= 4 is 49.0 Å². The van der Waals surface area contributed by atoms with Crippen molar-refractivity contribution < 1.29 is 67.9 Å². The molecule has 2 aliphatic heterocycles. The summed E-state index contributed by atoms with van der Waals surface area (Å²) >= 11 is 0. The molecule has 0 atom stereocenters. The summed E-state index contributed by atoms with van der Waals surface area (Å²) in [6.07, 6.45) is 0. The van der Waals surface area contributed by atoms with Crippen LogP contribution in [-0.4, -0.2) is 42.5 Å². The normalized spacial score (nSPS) is 13.7. The molecule has 7 rings (SSSR count). The summed E-state index contributed by atoms with van der Waals surface area (Å²) in [6.45, 7) is 0. The smallest absolute Gasteiger partial charge is 0.346 e. The van der Waals surface area contributed by atoms with E-state index in [0.29, 0.717) is 60.7 Å². The van der Waals surface area contributed by atoms with Crippen molar-refractivity contribution in [2.45, 2.75) is 15.4 Å². The molecule has 0 saturated carbocycles. The van der Waals surface area contributed by atoms with Gasteiger partial charge in [-0.05, 0) is 30.3 Å². The molecule has 2 aliphatic rings. The number of nitro benzene ring substituents is 4. The van der Waals surface area contributed by atoms with E-state index < -0.39 is 130 Å². The number of halogens is 2. The van der Waals surface area contributed by atoms with Gasteiger partial charge in [0.15, 0.2) is 38.5 Å². The molecule has 0 unspecified atom stereocenters. The summed E-state index contributed by atoms with van der Waals surface area (Å²) in [5.41, 5.74) is -7.58. The number of fused-ring (bicyclic) bond motifs is 6. The van der Waals surface area contributed by atoms with Gasteiger partial charge in [0, 0.05) is 29.8 Å². The Bertz CT molecular complexity index is 2760. The molecule has 5 aromatic rings. The molecule has 0 aromatic heterocycles. The van der Waals surface area contributed by atoms with E-state index in [1.54, 1.807) is 0 Å². The van der Waals surface area contributed by atoms with Crippen LogP contribution in [0.1, 0.15) is 27.0 Å². The zero-order valence-corrected chi connectivity index (χ0v) is 29.0. The van der Waals surface area contributed by atoms with Gasteiger partial charge in [0.1, 0.15) is 11.5 Å². The first-order chi connectivity index (χ1) is 26.7. The van der Waals surface area contributed by atoms with Gasteiger partial charge < -0.3 is 17.8 Å². The fourth-order valence-corrected chi connectivity index (χ4v) is 8.23. The Morgan fingerprint density at radius 3 is 1.44 bits per heavy atom. The third-order valence-corrected chi connectivity index (χ3v) is 11.0. The van der Waals surface area contributed by atoms with Gasteiger partial charge in [-0.25, -0.2) is 13.6 Å². The van der Waals surface area contributed by atoms with Gasteiger partial charge in [0.05, 0.1) is 48.5 Å². The first-order valence-electron chi connectivity index (χ1n) is 15.2.